The Morgan fingerprint density at radius 3 is 2.41 bits per heavy atom. The molecule has 3 aliphatic rings. The predicted octanol–water partition coefficient (Wildman–Crippen LogP) is 3.57. The van der Waals surface area contributed by atoms with Crippen LogP contribution in [0.25, 0.3) is 0 Å². The minimum Gasteiger partial charge on any atom is -0.444 e. The Balaban J connectivity index is 1.67. The number of rotatable bonds is 12. The molecule has 2 saturated carbocycles. The highest BCUT2D eigenvalue weighted by molar-refractivity contribution is 5.98. The molecule has 1 heterocycles. The van der Waals surface area contributed by atoms with Gasteiger partial charge in [0, 0.05) is 18.5 Å². The van der Waals surface area contributed by atoms with E-state index in [9.17, 15) is 19.2 Å². The van der Waals surface area contributed by atoms with E-state index in [1.807, 2.05) is 0 Å². The number of carbonyl (C=O) groups is 4. The Labute approximate surface area is 221 Å². The SMILES string of the molecule is C=CC1C[C@]1(NC(=O)[C@@H]1CCCN1C(=O)[C@H](CCCCCC)NC(=O)OC(C)(C)C)C(=O)NC1CCC1. The van der Waals surface area contributed by atoms with Gasteiger partial charge in [0.05, 0.1) is 0 Å². The maximum absolute atomic E-state index is 13.6. The zero-order chi connectivity index (χ0) is 27.2. The molecule has 1 unspecified atom stereocenters. The molecule has 4 atom stereocenters. The summed E-state index contributed by atoms with van der Waals surface area (Å²) in [5, 5.41) is 8.81. The van der Waals surface area contributed by atoms with Crippen LogP contribution in [0.15, 0.2) is 12.7 Å². The fraction of sp³-hybridized carbons (Fsp3) is 0.786. The van der Waals surface area contributed by atoms with E-state index in [2.05, 4.69) is 29.5 Å². The molecular formula is C28H46N4O5. The number of alkyl carbamates (subject to hydrolysis) is 1. The van der Waals surface area contributed by atoms with Crippen LogP contribution in [-0.4, -0.2) is 64.5 Å². The lowest BCUT2D eigenvalue weighted by Gasteiger charge is -2.32. The molecule has 9 heteroatoms. The summed E-state index contributed by atoms with van der Waals surface area (Å²) in [5.74, 6) is -0.876. The molecule has 0 radical (unpaired) electrons. The van der Waals surface area contributed by atoms with Crippen molar-refractivity contribution >= 4 is 23.8 Å². The monoisotopic (exact) mass is 518 g/mol. The molecule has 3 rings (SSSR count). The number of nitrogens with zero attached hydrogens (tertiary/aromatic N) is 1. The molecule has 4 amide bonds. The van der Waals surface area contributed by atoms with Gasteiger partial charge < -0.3 is 25.6 Å². The molecule has 3 fully saturated rings. The smallest absolute Gasteiger partial charge is 0.408 e. The molecule has 0 spiro atoms. The minimum atomic E-state index is -0.986. The molecule has 0 aromatic rings. The number of nitrogens with one attached hydrogen (secondary N) is 3. The summed E-state index contributed by atoms with van der Waals surface area (Å²) >= 11 is 0. The van der Waals surface area contributed by atoms with Gasteiger partial charge in [-0.05, 0) is 65.7 Å². The molecule has 9 nitrogen and oxygen atoms in total. The lowest BCUT2D eigenvalue weighted by Crippen LogP contribution is -2.59. The van der Waals surface area contributed by atoms with Crippen LogP contribution in [0.4, 0.5) is 4.79 Å². The van der Waals surface area contributed by atoms with Crippen LogP contribution in [0, 0.1) is 5.92 Å². The first-order valence-electron chi connectivity index (χ1n) is 14.1. The molecule has 1 aliphatic heterocycles. The van der Waals surface area contributed by atoms with Crippen LogP contribution >= 0.6 is 0 Å². The number of carbonyl (C=O) groups excluding carboxylic acids is 4. The number of ether oxygens (including phenoxy) is 1. The van der Waals surface area contributed by atoms with E-state index in [0.29, 0.717) is 32.2 Å². The Morgan fingerprint density at radius 2 is 1.84 bits per heavy atom. The first kappa shape index (κ1) is 29.0. The lowest BCUT2D eigenvalue weighted by molar-refractivity contribution is -0.141. The highest BCUT2D eigenvalue weighted by Crippen LogP contribution is 2.45. The van der Waals surface area contributed by atoms with E-state index in [1.165, 1.54) is 0 Å². The van der Waals surface area contributed by atoms with Crippen LogP contribution in [-0.2, 0) is 19.1 Å². The van der Waals surface area contributed by atoms with Crippen LogP contribution < -0.4 is 16.0 Å². The van der Waals surface area contributed by atoms with E-state index in [0.717, 1.165) is 44.9 Å². The van der Waals surface area contributed by atoms with E-state index in [1.54, 1.807) is 31.7 Å². The predicted molar refractivity (Wildman–Crippen MR) is 142 cm³/mol. The fourth-order valence-corrected chi connectivity index (χ4v) is 5.19. The van der Waals surface area contributed by atoms with Gasteiger partial charge in [0.25, 0.3) is 0 Å². The van der Waals surface area contributed by atoms with Gasteiger partial charge in [0.15, 0.2) is 0 Å². The molecular weight excluding hydrogens is 472 g/mol. The van der Waals surface area contributed by atoms with E-state index in [-0.39, 0.29) is 29.7 Å². The highest BCUT2D eigenvalue weighted by atomic mass is 16.6. The van der Waals surface area contributed by atoms with Crippen molar-refractivity contribution in [1.29, 1.82) is 0 Å². The van der Waals surface area contributed by atoms with Gasteiger partial charge in [0.2, 0.25) is 17.7 Å². The van der Waals surface area contributed by atoms with Gasteiger partial charge in [-0.1, -0.05) is 38.7 Å². The normalized spacial score (nSPS) is 26.0. The Kier molecular flexibility index (Phi) is 9.64. The van der Waals surface area contributed by atoms with Gasteiger partial charge in [0.1, 0.15) is 23.2 Å². The summed E-state index contributed by atoms with van der Waals surface area (Å²) in [6, 6.07) is -1.27. The Morgan fingerprint density at radius 1 is 1.11 bits per heavy atom. The average Bonchev–Trinajstić information content (AvgIpc) is 3.28. The molecule has 208 valence electrons. The van der Waals surface area contributed by atoms with Crippen LogP contribution in [0.3, 0.4) is 0 Å². The van der Waals surface area contributed by atoms with Gasteiger partial charge in [-0.25, -0.2) is 4.79 Å². The van der Waals surface area contributed by atoms with Gasteiger partial charge in [-0.15, -0.1) is 6.58 Å². The molecule has 37 heavy (non-hydrogen) atoms. The quantitative estimate of drug-likeness (QED) is 0.270. The summed E-state index contributed by atoms with van der Waals surface area (Å²) in [6.45, 7) is 11.7. The minimum absolute atomic E-state index is 0.123. The third-order valence-corrected chi connectivity index (χ3v) is 7.67. The molecule has 0 aromatic carbocycles. The number of hydrogen-bond donors (Lipinski definition) is 3. The first-order chi connectivity index (χ1) is 17.5. The van der Waals surface area contributed by atoms with Crippen molar-refractivity contribution in [2.75, 3.05) is 6.54 Å². The van der Waals surface area contributed by atoms with Gasteiger partial charge in [-0.3, -0.25) is 14.4 Å². The second-order valence-corrected chi connectivity index (χ2v) is 11.8. The van der Waals surface area contributed by atoms with E-state index < -0.39 is 29.3 Å². The third-order valence-electron chi connectivity index (χ3n) is 7.67. The molecule has 0 aromatic heterocycles. The summed E-state index contributed by atoms with van der Waals surface area (Å²) in [5.41, 5.74) is -1.67. The van der Waals surface area contributed by atoms with Crippen molar-refractivity contribution in [3.8, 4) is 0 Å². The maximum atomic E-state index is 13.6. The average molecular weight is 519 g/mol. The van der Waals surface area contributed by atoms with Crippen molar-refractivity contribution < 1.29 is 23.9 Å². The first-order valence-corrected chi connectivity index (χ1v) is 14.1. The van der Waals surface area contributed by atoms with Crippen LogP contribution in [0.5, 0.6) is 0 Å². The zero-order valence-electron chi connectivity index (χ0n) is 23.1. The van der Waals surface area contributed by atoms with Crippen molar-refractivity contribution in [3.05, 3.63) is 12.7 Å². The second kappa shape index (κ2) is 12.3. The van der Waals surface area contributed by atoms with E-state index >= 15 is 0 Å². The zero-order valence-corrected chi connectivity index (χ0v) is 23.1. The molecule has 2 aliphatic carbocycles. The third kappa shape index (κ3) is 7.48. The Bertz CT molecular complexity index is 865. The largest absolute Gasteiger partial charge is 0.444 e. The maximum Gasteiger partial charge on any atom is 0.408 e. The van der Waals surface area contributed by atoms with Crippen molar-refractivity contribution in [2.24, 2.45) is 5.92 Å². The van der Waals surface area contributed by atoms with Crippen molar-refractivity contribution in [2.45, 2.75) is 128 Å². The fourth-order valence-electron chi connectivity index (χ4n) is 5.19. The second-order valence-electron chi connectivity index (χ2n) is 11.8. The van der Waals surface area contributed by atoms with E-state index in [4.69, 9.17) is 4.74 Å². The standard InChI is InChI=1S/C28H46N4O5/c1-6-8-9-10-15-21(30-26(36)37-27(3,4)5)24(34)32-17-12-16-22(32)23(33)31-28(18-19(28)7-2)25(35)29-20-13-11-14-20/h7,19-22H,2,6,8-18H2,1,3-5H3,(H,29,35)(H,30,36)(H,31,33)/t19?,21-,22-,28+/m0/s1. The van der Waals surface area contributed by atoms with Crippen molar-refractivity contribution in [1.82, 2.24) is 20.9 Å². The lowest BCUT2D eigenvalue weighted by atomic mass is 9.92. The summed E-state index contributed by atoms with van der Waals surface area (Å²) in [6.07, 6.45) is 10.2. The summed E-state index contributed by atoms with van der Waals surface area (Å²) in [4.78, 5) is 54.2. The molecule has 0 bridgehead atoms. The highest BCUT2D eigenvalue weighted by Gasteiger charge is 2.60. The summed E-state index contributed by atoms with van der Waals surface area (Å²) < 4.78 is 5.40. The molecule has 3 N–H and O–H groups in total. The summed E-state index contributed by atoms with van der Waals surface area (Å²) in [7, 11) is 0. The van der Waals surface area contributed by atoms with Gasteiger partial charge in [-0.2, -0.15) is 0 Å². The topological polar surface area (TPSA) is 117 Å². The number of unbranched alkanes of at least 4 members (excludes halogenated alkanes) is 3. The number of amides is 4. The van der Waals surface area contributed by atoms with Crippen LogP contribution in [0.2, 0.25) is 0 Å². The molecule has 1 saturated heterocycles. The number of hydrogen-bond acceptors (Lipinski definition) is 5. The van der Waals surface area contributed by atoms with Crippen LogP contribution in [0.1, 0.15) is 98.3 Å². The van der Waals surface area contributed by atoms with Gasteiger partial charge >= 0.3 is 6.09 Å². The van der Waals surface area contributed by atoms with Crippen molar-refractivity contribution in [3.63, 3.8) is 0 Å². The Hall–Kier alpha value is -2.58. The number of likely N-dealkylation sites (tertiary alicyclic amines) is 1.